The molecule has 0 spiro atoms. The topological polar surface area (TPSA) is 64.3 Å². The Morgan fingerprint density at radius 1 is 1.25 bits per heavy atom. The molecule has 0 aromatic heterocycles. The summed E-state index contributed by atoms with van der Waals surface area (Å²) < 4.78 is 18.3. The molecular weight excluding hydrogens is 259 g/mol. The number of aryl methyl sites for hydroxylation is 1. The van der Waals surface area contributed by atoms with Gasteiger partial charge in [0.25, 0.3) is 0 Å². The summed E-state index contributed by atoms with van der Waals surface area (Å²) in [5.41, 5.74) is 8.09. The number of nitrogens with one attached hydrogen (secondary N) is 1. The summed E-state index contributed by atoms with van der Waals surface area (Å²) in [6, 6.07) is 9.53. The van der Waals surface area contributed by atoms with Gasteiger partial charge in [-0.1, -0.05) is 6.07 Å². The summed E-state index contributed by atoms with van der Waals surface area (Å²) in [5.74, 6) is -0.900. The van der Waals surface area contributed by atoms with Gasteiger partial charge in [0.1, 0.15) is 5.82 Å². The lowest BCUT2D eigenvalue weighted by atomic mass is 10.1. The van der Waals surface area contributed by atoms with E-state index in [1.807, 2.05) is 6.92 Å². The number of carbonyl (C=O) groups is 1. The lowest BCUT2D eigenvalue weighted by molar-refractivity contribution is 0.0602. The second-order valence-corrected chi connectivity index (χ2v) is 4.40. The Morgan fingerprint density at radius 2 is 2.00 bits per heavy atom. The van der Waals surface area contributed by atoms with Crippen molar-refractivity contribution in [1.29, 1.82) is 0 Å². The minimum Gasteiger partial charge on any atom is -0.465 e. The number of ether oxygens (including phenoxy) is 1. The van der Waals surface area contributed by atoms with E-state index in [0.29, 0.717) is 17.1 Å². The van der Waals surface area contributed by atoms with Gasteiger partial charge in [0.05, 0.1) is 18.4 Å². The van der Waals surface area contributed by atoms with Crippen LogP contribution in [0.5, 0.6) is 0 Å². The van der Waals surface area contributed by atoms with Gasteiger partial charge in [0, 0.05) is 11.4 Å². The van der Waals surface area contributed by atoms with Gasteiger partial charge in [0.15, 0.2) is 0 Å². The molecule has 0 aliphatic rings. The molecule has 2 aromatic rings. The third-order valence-electron chi connectivity index (χ3n) is 2.86. The van der Waals surface area contributed by atoms with Crippen molar-refractivity contribution in [3.8, 4) is 0 Å². The normalized spacial score (nSPS) is 10.2. The van der Waals surface area contributed by atoms with Crippen LogP contribution in [-0.4, -0.2) is 13.1 Å². The first kappa shape index (κ1) is 13.9. The van der Waals surface area contributed by atoms with E-state index >= 15 is 0 Å². The van der Waals surface area contributed by atoms with Gasteiger partial charge >= 0.3 is 5.97 Å². The molecule has 0 amide bonds. The number of nitrogen functional groups attached to an aromatic ring is 1. The first-order valence-electron chi connectivity index (χ1n) is 6.02. The predicted octanol–water partition coefficient (Wildman–Crippen LogP) is 3.25. The van der Waals surface area contributed by atoms with Crippen molar-refractivity contribution < 1.29 is 13.9 Å². The summed E-state index contributed by atoms with van der Waals surface area (Å²) in [4.78, 5) is 11.6. The number of hydrogen-bond donors (Lipinski definition) is 2. The first-order chi connectivity index (χ1) is 9.51. The van der Waals surface area contributed by atoms with Crippen LogP contribution in [0.25, 0.3) is 0 Å². The molecule has 0 fully saturated rings. The minimum absolute atomic E-state index is 0.241. The Balaban J connectivity index is 2.34. The van der Waals surface area contributed by atoms with E-state index < -0.39 is 5.97 Å². The number of halogens is 1. The maximum absolute atomic E-state index is 13.7. The summed E-state index contributed by atoms with van der Waals surface area (Å²) in [6.45, 7) is 1.87. The second-order valence-electron chi connectivity index (χ2n) is 4.40. The Morgan fingerprint density at radius 3 is 2.70 bits per heavy atom. The predicted molar refractivity (Wildman–Crippen MR) is 76.6 cm³/mol. The highest BCUT2D eigenvalue weighted by Gasteiger charge is 2.11. The average Bonchev–Trinajstić information content (AvgIpc) is 2.44. The standard InChI is InChI=1S/C15H15FN2O2/c1-9-3-5-12(16)14(7-9)18-10-4-6-13(17)11(8-10)15(19)20-2/h3-8,18H,17H2,1-2H3. The molecule has 0 unspecified atom stereocenters. The quantitative estimate of drug-likeness (QED) is 0.666. The van der Waals surface area contributed by atoms with Crippen LogP contribution < -0.4 is 11.1 Å². The number of esters is 1. The molecule has 2 rings (SSSR count). The maximum Gasteiger partial charge on any atom is 0.340 e. The molecule has 0 aliphatic carbocycles. The van der Waals surface area contributed by atoms with Crippen LogP contribution in [0.4, 0.5) is 21.5 Å². The Labute approximate surface area is 116 Å². The van der Waals surface area contributed by atoms with Crippen LogP contribution in [0.2, 0.25) is 0 Å². The smallest absolute Gasteiger partial charge is 0.340 e. The van der Waals surface area contributed by atoms with E-state index in [2.05, 4.69) is 10.1 Å². The Kier molecular flexibility index (Phi) is 3.89. The van der Waals surface area contributed by atoms with Crippen LogP contribution in [0.3, 0.4) is 0 Å². The van der Waals surface area contributed by atoms with Crippen molar-refractivity contribution in [1.82, 2.24) is 0 Å². The molecule has 0 atom stereocenters. The number of anilines is 3. The van der Waals surface area contributed by atoms with Crippen LogP contribution in [-0.2, 0) is 4.74 Å². The van der Waals surface area contributed by atoms with Crippen LogP contribution in [0.1, 0.15) is 15.9 Å². The van der Waals surface area contributed by atoms with Gasteiger partial charge in [-0.15, -0.1) is 0 Å². The fraction of sp³-hybridized carbons (Fsp3) is 0.133. The van der Waals surface area contributed by atoms with E-state index in [4.69, 9.17) is 5.73 Å². The molecule has 5 heteroatoms. The van der Waals surface area contributed by atoms with Crippen molar-refractivity contribution in [2.45, 2.75) is 6.92 Å². The number of methoxy groups -OCH3 is 1. The maximum atomic E-state index is 13.7. The van der Waals surface area contributed by atoms with E-state index in [-0.39, 0.29) is 11.4 Å². The number of carbonyl (C=O) groups excluding carboxylic acids is 1. The molecule has 0 saturated heterocycles. The average molecular weight is 274 g/mol. The lowest BCUT2D eigenvalue weighted by Gasteiger charge is -2.11. The molecule has 0 bridgehead atoms. The molecule has 104 valence electrons. The van der Waals surface area contributed by atoms with Crippen LogP contribution >= 0.6 is 0 Å². The highest BCUT2D eigenvalue weighted by atomic mass is 19.1. The molecule has 0 aliphatic heterocycles. The van der Waals surface area contributed by atoms with E-state index in [1.165, 1.54) is 19.2 Å². The Hall–Kier alpha value is -2.56. The Bertz CT molecular complexity index is 656. The zero-order chi connectivity index (χ0) is 14.7. The fourth-order valence-corrected chi connectivity index (χ4v) is 1.81. The lowest BCUT2D eigenvalue weighted by Crippen LogP contribution is -2.06. The number of rotatable bonds is 3. The molecule has 3 N–H and O–H groups in total. The van der Waals surface area contributed by atoms with Gasteiger partial charge in [-0.2, -0.15) is 0 Å². The monoisotopic (exact) mass is 274 g/mol. The second kappa shape index (κ2) is 5.61. The SMILES string of the molecule is COC(=O)c1cc(Nc2cc(C)ccc2F)ccc1N. The zero-order valence-corrected chi connectivity index (χ0v) is 11.2. The molecule has 0 saturated carbocycles. The van der Waals surface area contributed by atoms with Gasteiger partial charge in [0.2, 0.25) is 0 Å². The number of hydrogen-bond acceptors (Lipinski definition) is 4. The molecule has 0 heterocycles. The van der Waals surface area contributed by atoms with Crippen molar-refractivity contribution in [2.75, 3.05) is 18.2 Å². The highest BCUT2D eigenvalue weighted by molar-refractivity contribution is 5.96. The third kappa shape index (κ3) is 2.88. The summed E-state index contributed by atoms with van der Waals surface area (Å²) in [6.07, 6.45) is 0. The van der Waals surface area contributed by atoms with Crippen molar-refractivity contribution in [2.24, 2.45) is 0 Å². The van der Waals surface area contributed by atoms with Crippen LogP contribution in [0.15, 0.2) is 36.4 Å². The van der Waals surface area contributed by atoms with Crippen molar-refractivity contribution >= 4 is 23.0 Å². The van der Waals surface area contributed by atoms with Gasteiger partial charge in [-0.25, -0.2) is 9.18 Å². The molecule has 2 aromatic carbocycles. The van der Waals surface area contributed by atoms with E-state index in [1.54, 1.807) is 24.3 Å². The van der Waals surface area contributed by atoms with Gasteiger partial charge in [-0.05, 0) is 42.8 Å². The zero-order valence-electron chi connectivity index (χ0n) is 11.2. The minimum atomic E-state index is -0.532. The third-order valence-corrected chi connectivity index (χ3v) is 2.86. The summed E-state index contributed by atoms with van der Waals surface area (Å²) in [5, 5.41) is 2.92. The number of benzene rings is 2. The van der Waals surface area contributed by atoms with Crippen molar-refractivity contribution in [3.05, 3.63) is 53.3 Å². The largest absolute Gasteiger partial charge is 0.465 e. The molecule has 0 radical (unpaired) electrons. The summed E-state index contributed by atoms with van der Waals surface area (Å²) in [7, 11) is 1.28. The first-order valence-corrected chi connectivity index (χ1v) is 6.02. The fourth-order valence-electron chi connectivity index (χ4n) is 1.81. The summed E-state index contributed by atoms with van der Waals surface area (Å²) >= 11 is 0. The highest BCUT2D eigenvalue weighted by Crippen LogP contribution is 2.24. The van der Waals surface area contributed by atoms with E-state index in [0.717, 1.165) is 5.56 Å². The molecule has 4 nitrogen and oxygen atoms in total. The number of nitrogens with two attached hydrogens (primary N) is 1. The van der Waals surface area contributed by atoms with Gasteiger partial charge in [-0.3, -0.25) is 0 Å². The molecular formula is C15H15FN2O2. The van der Waals surface area contributed by atoms with Gasteiger partial charge < -0.3 is 15.8 Å². The van der Waals surface area contributed by atoms with Crippen LogP contribution in [0, 0.1) is 12.7 Å². The van der Waals surface area contributed by atoms with E-state index in [9.17, 15) is 9.18 Å². The van der Waals surface area contributed by atoms with Crippen molar-refractivity contribution in [3.63, 3.8) is 0 Å². The molecule has 20 heavy (non-hydrogen) atoms.